The van der Waals surface area contributed by atoms with E-state index < -0.39 is 23.6 Å². The molecule has 0 spiro atoms. The van der Waals surface area contributed by atoms with Crippen molar-refractivity contribution in [2.75, 3.05) is 11.9 Å². The van der Waals surface area contributed by atoms with Crippen molar-refractivity contribution < 1.29 is 27.5 Å². The molecule has 2 rings (SSSR count). The van der Waals surface area contributed by atoms with Crippen LogP contribution in [0.4, 0.5) is 18.9 Å². The van der Waals surface area contributed by atoms with Crippen LogP contribution in [-0.2, 0) is 22.3 Å². The van der Waals surface area contributed by atoms with Crippen molar-refractivity contribution in [1.29, 1.82) is 0 Å². The number of hydrogen-bond acceptors (Lipinski definition) is 4. The van der Waals surface area contributed by atoms with Gasteiger partial charge in [-0.15, -0.1) is 0 Å². The number of imidazole rings is 1. The van der Waals surface area contributed by atoms with Gasteiger partial charge in [-0.1, -0.05) is 12.1 Å². The van der Waals surface area contributed by atoms with Crippen molar-refractivity contribution in [3.63, 3.8) is 0 Å². The summed E-state index contributed by atoms with van der Waals surface area (Å²) in [4.78, 5) is 27.5. The number of nitrogens with zero attached hydrogens (tertiary/aromatic N) is 2. The van der Waals surface area contributed by atoms with Gasteiger partial charge in [0.15, 0.2) is 0 Å². The van der Waals surface area contributed by atoms with Crippen LogP contribution in [0.15, 0.2) is 36.7 Å². The first-order chi connectivity index (χ1) is 11.3. The fourth-order valence-corrected chi connectivity index (χ4v) is 2.01. The molecule has 9 heteroatoms. The topological polar surface area (TPSA) is 73.2 Å². The van der Waals surface area contributed by atoms with Gasteiger partial charge in [0.1, 0.15) is 6.54 Å². The zero-order chi connectivity index (χ0) is 17.7. The van der Waals surface area contributed by atoms with Gasteiger partial charge < -0.3 is 14.6 Å². The predicted octanol–water partition coefficient (Wildman–Crippen LogP) is 2.72. The summed E-state index contributed by atoms with van der Waals surface area (Å²) < 4.78 is 44.7. The molecule has 1 heterocycles. The molecule has 1 aromatic carbocycles. The molecular weight excluding hydrogens is 327 g/mol. The minimum Gasteiger partial charge on any atom is -0.460 e. The van der Waals surface area contributed by atoms with Crippen LogP contribution in [0, 0.1) is 0 Å². The van der Waals surface area contributed by atoms with Gasteiger partial charge in [0.2, 0.25) is 11.7 Å². The Morgan fingerprint density at radius 2 is 2.00 bits per heavy atom. The molecule has 6 nitrogen and oxygen atoms in total. The van der Waals surface area contributed by atoms with Crippen LogP contribution in [0.25, 0.3) is 0 Å². The SMILES string of the molecule is CCOC(=O)c1nccn1CC(=O)Nc1ccccc1C(F)(F)F. The number of rotatable bonds is 5. The first-order valence-corrected chi connectivity index (χ1v) is 6.97. The standard InChI is InChI=1S/C15H14F3N3O3/c1-2-24-14(23)13-19-7-8-21(13)9-12(22)20-11-6-4-3-5-10(11)15(16,17)18/h3-8H,2,9H2,1H3,(H,20,22). The fraction of sp³-hybridized carbons (Fsp3) is 0.267. The van der Waals surface area contributed by atoms with E-state index in [-0.39, 0.29) is 24.7 Å². The maximum atomic E-state index is 12.9. The molecule has 0 atom stereocenters. The van der Waals surface area contributed by atoms with Crippen molar-refractivity contribution in [2.45, 2.75) is 19.6 Å². The van der Waals surface area contributed by atoms with E-state index in [1.807, 2.05) is 0 Å². The van der Waals surface area contributed by atoms with Gasteiger partial charge in [-0.25, -0.2) is 9.78 Å². The number of aromatic nitrogens is 2. The molecule has 0 saturated carbocycles. The van der Waals surface area contributed by atoms with Crippen molar-refractivity contribution in [3.05, 3.63) is 48.0 Å². The van der Waals surface area contributed by atoms with Gasteiger partial charge in [-0.2, -0.15) is 13.2 Å². The van der Waals surface area contributed by atoms with Gasteiger partial charge in [-0.3, -0.25) is 4.79 Å². The number of nitrogens with one attached hydrogen (secondary N) is 1. The first-order valence-electron chi connectivity index (χ1n) is 6.97. The quantitative estimate of drug-likeness (QED) is 0.849. The lowest BCUT2D eigenvalue weighted by atomic mass is 10.1. The third-order valence-electron chi connectivity index (χ3n) is 2.99. The summed E-state index contributed by atoms with van der Waals surface area (Å²) in [6.07, 6.45) is -1.93. The monoisotopic (exact) mass is 341 g/mol. The molecule has 2 aromatic rings. The number of hydrogen-bond donors (Lipinski definition) is 1. The summed E-state index contributed by atoms with van der Waals surface area (Å²) in [6.45, 7) is 1.38. The maximum absolute atomic E-state index is 12.9. The highest BCUT2D eigenvalue weighted by Gasteiger charge is 2.33. The first kappa shape index (κ1) is 17.5. The van der Waals surface area contributed by atoms with E-state index in [4.69, 9.17) is 4.74 Å². The summed E-state index contributed by atoms with van der Waals surface area (Å²) in [7, 11) is 0. The average molecular weight is 341 g/mol. The molecule has 0 bridgehead atoms. The van der Waals surface area contributed by atoms with E-state index in [1.54, 1.807) is 6.92 Å². The van der Waals surface area contributed by atoms with Gasteiger partial charge in [-0.05, 0) is 19.1 Å². The van der Waals surface area contributed by atoms with Crippen LogP contribution in [0.1, 0.15) is 23.1 Å². The smallest absolute Gasteiger partial charge is 0.418 e. The van der Waals surface area contributed by atoms with E-state index >= 15 is 0 Å². The van der Waals surface area contributed by atoms with Gasteiger partial charge in [0.05, 0.1) is 17.9 Å². The third kappa shape index (κ3) is 4.12. The fourth-order valence-electron chi connectivity index (χ4n) is 2.01. The number of anilines is 1. The summed E-state index contributed by atoms with van der Waals surface area (Å²) in [5.74, 6) is -1.54. The second kappa shape index (κ2) is 7.16. The lowest BCUT2D eigenvalue weighted by molar-refractivity contribution is -0.137. The summed E-state index contributed by atoms with van der Waals surface area (Å²) in [6, 6.07) is 4.64. The second-order valence-corrected chi connectivity index (χ2v) is 4.69. The normalized spacial score (nSPS) is 11.2. The van der Waals surface area contributed by atoms with Gasteiger partial charge in [0.25, 0.3) is 0 Å². The molecular formula is C15H14F3N3O3. The van der Waals surface area contributed by atoms with Crippen LogP contribution in [-0.4, -0.2) is 28.0 Å². The zero-order valence-electron chi connectivity index (χ0n) is 12.6. The Bertz CT molecular complexity index is 741. The minimum atomic E-state index is -4.59. The Balaban J connectivity index is 2.13. The molecule has 128 valence electrons. The van der Waals surface area contributed by atoms with Crippen LogP contribution in [0.5, 0.6) is 0 Å². The zero-order valence-corrected chi connectivity index (χ0v) is 12.6. The Hall–Kier alpha value is -2.84. The van der Waals surface area contributed by atoms with Crippen molar-refractivity contribution in [2.24, 2.45) is 0 Å². The molecule has 1 amide bonds. The van der Waals surface area contributed by atoms with Crippen molar-refractivity contribution in [1.82, 2.24) is 9.55 Å². The maximum Gasteiger partial charge on any atom is 0.418 e. The number of halogens is 3. The number of esters is 1. The van der Waals surface area contributed by atoms with Crippen LogP contribution in [0.2, 0.25) is 0 Å². The predicted molar refractivity (Wildman–Crippen MR) is 78.3 cm³/mol. The van der Waals surface area contributed by atoms with Crippen LogP contribution in [0.3, 0.4) is 0 Å². The van der Waals surface area contributed by atoms with Crippen LogP contribution >= 0.6 is 0 Å². The van der Waals surface area contributed by atoms with E-state index in [2.05, 4.69) is 10.3 Å². The highest BCUT2D eigenvalue weighted by molar-refractivity contribution is 5.92. The molecule has 0 fully saturated rings. The molecule has 1 aromatic heterocycles. The van der Waals surface area contributed by atoms with Gasteiger partial charge >= 0.3 is 12.1 Å². The number of ether oxygens (including phenoxy) is 1. The lowest BCUT2D eigenvalue weighted by Crippen LogP contribution is -2.23. The van der Waals surface area contributed by atoms with E-state index in [0.29, 0.717) is 0 Å². The third-order valence-corrected chi connectivity index (χ3v) is 2.99. The highest BCUT2D eigenvalue weighted by atomic mass is 19.4. The number of carbonyl (C=O) groups is 2. The highest BCUT2D eigenvalue weighted by Crippen LogP contribution is 2.34. The van der Waals surface area contributed by atoms with E-state index in [9.17, 15) is 22.8 Å². The van der Waals surface area contributed by atoms with E-state index in [0.717, 1.165) is 12.1 Å². The minimum absolute atomic E-state index is 0.101. The molecule has 24 heavy (non-hydrogen) atoms. The molecule has 0 aliphatic heterocycles. The number of amides is 1. The van der Waals surface area contributed by atoms with Gasteiger partial charge in [0, 0.05) is 12.4 Å². The van der Waals surface area contributed by atoms with Crippen LogP contribution < -0.4 is 5.32 Å². The largest absolute Gasteiger partial charge is 0.460 e. The Kier molecular flexibility index (Phi) is 5.22. The Morgan fingerprint density at radius 3 is 2.67 bits per heavy atom. The van der Waals surface area contributed by atoms with Crippen molar-refractivity contribution >= 4 is 17.6 Å². The number of carbonyl (C=O) groups excluding carboxylic acids is 2. The van der Waals surface area contributed by atoms with Crippen molar-refractivity contribution in [3.8, 4) is 0 Å². The Labute approximate surface area is 135 Å². The molecule has 0 radical (unpaired) electrons. The molecule has 0 aliphatic rings. The lowest BCUT2D eigenvalue weighted by Gasteiger charge is -2.14. The second-order valence-electron chi connectivity index (χ2n) is 4.69. The average Bonchev–Trinajstić information content (AvgIpc) is 2.95. The van der Waals surface area contributed by atoms with E-state index in [1.165, 1.54) is 29.1 Å². The summed E-state index contributed by atoms with van der Waals surface area (Å²) >= 11 is 0. The number of para-hydroxylation sites is 1. The number of benzene rings is 1. The molecule has 0 aliphatic carbocycles. The molecule has 0 unspecified atom stereocenters. The molecule has 0 saturated heterocycles. The molecule has 1 N–H and O–H groups in total. The Morgan fingerprint density at radius 1 is 1.29 bits per heavy atom. The summed E-state index contributed by atoms with van der Waals surface area (Å²) in [5, 5.41) is 2.19. The summed E-state index contributed by atoms with van der Waals surface area (Å²) in [5.41, 5.74) is -1.30. The number of alkyl halides is 3.